The lowest BCUT2D eigenvalue weighted by molar-refractivity contribution is -0.122. The van der Waals surface area contributed by atoms with E-state index in [1.165, 1.54) is 0 Å². The Morgan fingerprint density at radius 3 is 2.30 bits per heavy atom. The topological polar surface area (TPSA) is 91.2 Å². The van der Waals surface area contributed by atoms with Crippen LogP contribution in [0.4, 0.5) is 0 Å². The van der Waals surface area contributed by atoms with E-state index in [1.54, 1.807) is 25.3 Å². The normalized spacial score (nSPS) is 9.40. The minimum Gasteiger partial charge on any atom is -0.497 e. The first-order valence-corrected chi connectivity index (χ1v) is 6.19. The highest BCUT2D eigenvalue weighted by atomic mass is 16.5. The number of hydrogen-bond donors (Lipinski definition) is 2. The Hall–Kier alpha value is -2.55. The standard InChI is InChI=1S/C14H17N3O3/c1-20-12-4-2-11(3-5-12)10-14(19)17-9-8-16-13(18)6-7-15/h2-5H,6,8-10H2,1H3,(H,16,18)(H,17,19). The van der Waals surface area contributed by atoms with Gasteiger partial charge in [-0.15, -0.1) is 0 Å². The summed E-state index contributed by atoms with van der Waals surface area (Å²) in [5, 5.41) is 13.5. The van der Waals surface area contributed by atoms with E-state index in [-0.39, 0.29) is 24.7 Å². The molecule has 1 rings (SSSR count). The third-order valence-electron chi connectivity index (χ3n) is 2.53. The van der Waals surface area contributed by atoms with E-state index in [2.05, 4.69) is 10.6 Å². The summed E-state index contributed by atoms with van der Waals surface area (Å²) in [6.07, 6.45) is 0.107. The van der Waals surface area contributed by atoms with Crippen LogP contribution in [-0.4, -0.2) is 32.0 Å². The molecule has 0 aromatic heterocycles. The SMILES string of the molecule is COc1ccc(CC(=O)NCCNC(=O)CC#N)cc1. The van der Waals surface area contributed by atoms with Gasteiger partial charge < -0.3 is 15.4 Å². The third kappa shape index (κ3) is 5.87. The second-order valence-electron chi connectivity index (χ2n) is 4.06. The average Bonchev–Trinajstić information content (AvgIpc) is 2.45. The molecule has 6 nitrogen and oxygen atoms in total. The number of rotatable bonds is 7. The summed E-state index contributed by atoms with van der Waals surface area (Å²) >= 11 is 0. The average molecular weight is 275 g/mol. The third-order valence-corrected chi connectivity index (χ3v) is 2.53. The molecule has 6 heteroatoms. The molecule has 0 saturated carbocycles. The van der Waals surface area contributed by atoms with Gasteiger partial charge in [0.2, 0.25) is 11.8 Å². The lowest BCUT2D eigenvalue weighted by Gasteiger charge is -2.06. The van der Waals surface area contributed by atoms with E-state index in [1.807, 2.05) is 12.1 Å². The van der Waals surface area contributed by atoms with Gasteiger partial charge in [0, 0.05) is 13.1 Å². The van der Waals surface area contributed by atoms with Gasteiger partial charge in [-0.2, -0.15) is 5.26 Å². The smallest absolute Gasteiger partial charge is 0.234 e. The molecule has 2 amide bonds. The Kier molecular flexibility index (Phi) is 6.62. The zero-order chi connectivity index (χ0) is 14.8. The van der Waals surface area contributed by atoms with Gasteiger partial charge in [-0.05, 0) is 17.7 Å². The van der Waals surface area contributed by atoms with Crippen LogP contribution < -0.4 is 15.4 Å². The van der Waals surface area contributed by atoms with E-state index in [0.29, 0.717) is 13.1 Å². The number of nitriles is 1. The molecule has 0 heterocycles. The van der Waals surface area contributed by atoms with Gasteiger partial charge >= 0.3 is 0 Å². The molecule has 20 heavy (non-hydrogen) atoms. The number of carbonyl (C=O) groups excluding carboxylic acids is 2. The highest BCUT2D eigenvalue weighted by molar-refractivity contribution is 5.79. The van der Waals surface area contributed by atoms with Crippen molar-refractivity contribution in [1.82, 2.24) is 10.6 Å². The highest BCUT2D eigenvalue weighted by Gasteiger charge is 2.04. The van der Waals surface area contributed by atoms with Crippen molar-refractivity contribution < 1.29 is 14.3 Å². The fourth-order valence-electron chi connectivity index (χ4n) is 1.53. The van der Waals surface area contributed by atoms with Crippen LogP contribution >= 0.6 is 0 Å². The first kappa shape index (κ1) is 15.5. The van der Waals surface area contributed by atoms with Crippen LogP contribution in [0.2, 0.25) is 0 Å². The van der Waals surface area contributed by atoms with Gasteiger partial charge in [0.15, 0.2) is 0 Å². The largest absolute Gasteiger partial charge is 0.497 e. The number of ether oxygens (including phenoxy) is 1. The summed E-state index contributed by atoms with van der Waals surface area (Å²) in [5.41, 5.74) is 0.886. The fourth-order valence-corrected chi connectivity index (χ4v) is 1.53. The monoisotopic (exact) mass is 275 g/mol. The van der Waals surface area contributed by atoms with Gasteiger partial charge in [0.25, 0.3) is 0 Å². The lowest BCUT2D eigenvalue weighted by Crippen LogP contribution is -2.35. The van der Waals surface area contributed by atoms with Crippen molar-refractivity contribution in [3.63, 3.8) is 0 Å². The van der Waals surface area contributed by atoms with Crippen LogP contribution in [0.5, 0.6) is 5.75 Å². The number of nitrogens with zero attached hydrogens (tertiary/aromatic N) is 1. The Labute approximate surface area is 117 Å². The van der Waals surface area contributed by atoms with Crippen LogP contribution in [0.25, 0.3) is 0 Å². The van der Waals surface area contributed by atoms with Crippen molar-refractivity contribution in [2.24, 2.45) is 0 Å². The molecule has 0 saturated heterocycles. The van der Waals surface area contributed by atoms with Crippen LogP contribution in [0.3, 0.4) is 0 Å². The molecular formula is C14H17N3O3. The van der Waals surface area contributed by atoms with E-state index in [4.69, 9.17) is 10.00 Å². The molecule has 0 unspecified atom stereocenters. The van der Waals surface area contributed by atoms with E-state index in [0.717, 1.165) is 11.3 Å². The number of amides is 2. The van der Waals surface area contributed by atoms with Crippen LogP contribution in [0.1, 0.15) is 12.0 Å². The molecule has 0 aliphatic carbocycles. The molecule has 0 bridgehead atoms. The minimum absolute atomic E-state index is 0.121. The summed E-state index contributed by atoms with van der Waals surface area (Å²) in [5.74, 6) is 0.288. The number of carbonyl (C=O) groups is 2. The van der Waals surface area contributed by atoms with Crippen LogP contribution in [-0.2, 0) is 16.0 Å². The maximum absolute atomic E-state index is 11.6. The zero-order valence-corrected chi connectivity index (χ0v) is 11.3. The van der Waals surface area contributed by atoms with Crippen LogP contribution in [0, 0.1) is 11.3 Å². The Morgan fingerprint density at radius 1 is 1.15 bits per heavy atom. The summed E-state index contributed by atoms with van der Waals surface area (Å²) in [6, 6.07) is 9.00. The van der Waals surface area contributed by atoms with Gasteiger partial charge in [0.1, 0.15) is 12.2 Å². The lowest BCUT2D eigenvalue weighted by atomic mass is 10.1. The Bertz CT molecular complexity index is 491. The van der Waals surface area contributed by atoms with Crippen molar-refractivity contribution in [2.75, 3.05) is 20.2 Å². The molecule has 0 atom stereocenters. The molecule has 0 radical (unpaired) electrons. The summed E-state index contributed by atoms with van der Waals surface area (Å²) < 4.78 is 5.03. The van der Waals surface area contributed by atoms with Gasteiger partial charge in [-0.1, -0.05) is 12.1 Å². The molecule has 0 spiro atoms. The molecule has 0 aliphatic heterocycles. The molecule has 0 fully saturated rings. The van der Waals surface area contributed by atoms with Gasteiger partial charge in [0.05, 0.1) is 19.6 Å². The number of hydrogen-bond acceptors (Lipinski definition) is 4. The van der Waals surface area contributed by atoms with Crippen molar-refractivity contribution in [2.45, 2.75) is 12.8 Å². The fraction of sp³-hybridized carbons (Fsp3) is 0.357. The Morgan fingerprint density at radius 2 is 1.75 bits per heavy atom. The molecule has 1 aromatic carbocycles. The summed E-state index contributed by atoms with van der Waals surface area (Å²) in [6.45, 7) is 0.654. The number of nitrogens with one attached hydrogen (secondary N) is 2. The molecule has 106 valence electrons. The van der Waals surface area contributed by atoms with Gasteiger partial charge in [-0.3, -0.25) is 9.59 Å². The second-order valence-corrected chi connectivity index (χ2v) is 4.06. The van der Waals surface area contributed by atoms with Gasteiger partial charge in [-0.25, -0.2) is 0 Å². The molecule has 1 aromatic rings. The first-order chi connectivity index (χ1) is 9.65. The molecule has 2 N–H and O–H groups in total. The minimum atomic E-state index is -0.336. The van der Waals surface area contributed by atoms with Crippen LogP contribution in [0.15, 0.2) is 24.3 Å². The highest BCUT2D eigenvalue weighted by Crippen LogP contribution is 2.11. The number of methoxy groups -OCH3 is 1. The van der Waals surface area contributed by atoms with Crippen molar-refractivity contribution in [1.29, 1.82) is 5.26 Å². The second kappa shape index (κ2) is 8.53. The first-order valence-electron chi connectivity index (χ1n) is 6.19. The maximum Gasteiger partial charge on any atom is 0.234 e. The Balaban J connectivity index is 2.23. The predicted octanol–water partition coefficient (Wildman–Crippen LogP) is 0.384. The van der Waals surface area contributed by atoms with E-state index < -0.39 is 0 Å². The maximum atomic E-state index is 11.6. The summed E-state index contributed by atoms with van der Waals surface area (Å²) in [4.78, 5) is 22.6. The molecule has 0 aliphatic rings. The summed E-state index contributed by atoms with van der Waals surface area (Å²) in [7, 11) is 1.59. The van der Waals surface area contributed by atoms with E-state index in [9.17, 15) is 9.59 Å². The number of benzene rings is 1. The van der Waals surface area contributed by atoms with Crippen molar-refractivity contribution in [3.05, 3.63) is 29.8 Å². The predicted molar refractivity (Wildman–Crippen MR) is 72.9 cm³/mol. The molecular weight excluding hydrogens is 258 g/mol. The van der Waals surface area contributed by atoms with E-state index >= 15 is 0 Å². The van der Waals surface area contributed by atoms with Crippen molar-refractivity contribution in [3.8, 4) is 11.8 Å². The zero-order valence-electron chi connectivity index (χ0n) is 11.3. The van der Waals surface area contributed by atoms with Crippen molar-refractivity contribution >= 4 is 11.8 Å². The quantitative estimate of drug-likeness (QED) is 0.704.